The second-order valence-electron chi connectivity index (χ2n) is 3.91. The summed E-state index contributed by atoms with van der Waals surface area (Å²) in [6.07, 6.45) is 0. The van der Waals surface area contributed by atoms with Crippen LogP contribution in [0.25, 0.3) is 0 Å². The van der Waals surface area contributed by atoms with Crippen LogP contribution in [0.3, 0.4) is 0 Å². The van der Waals surface area contributed by atoms with Crippen LogP contribution in [-0.4, -0.2) is 41.1 Å². The van der Waals surface area contributed by atoms with E-state index in [4.69, 9.17) is 18.0 Å². The molecule has 1 aromatic rings. The summed E-state index contributed by atoms with van der Waals surface area (Å²) < 4.78 is 21.9. The van der Waals surface area contributed by atoms with Crippen LogP contribution >= 0.6 is 0 Å². The summed E-state index contributed by atoms with van der Waals surface area (Å²) in [5.74, 6) is 0.693. The molecule has 0 saturated carbocycles. The Balaban J connectivity index is 3.06. The Hall–Kier alpha value is -1.21. The lowest BCUT2D eigenvalue weighted by molar-refractivity contribution is 0.0565. The predicted molar refractivity (Wildman–Crippen MR) is 78.0 cm³/mol. The average Bonchev–Trinajstić information content (AvgIpc) is 2.47. The van der Waals surface area contributed by atoms with Gasteiger partial charge in [-0.2, -0.15) is 0 Å². The van der Waals surface area contributed by atoms with Crippen LogP contribution in [0.4, 0.5) is 0 Å². The first-order valence-electron chi connectivity index (χ1n) is 6.74. The van der Waals surface area contributed by atoms with Gasteiger partial charge in [-0.3, -0.25) is 4.79 Å². The Morgan fingerprint density at radius 2 is 1.40 bits per heavy atom. The highest BCUT2D eigenvalue weighted by Gasteiger charge is 2.50. The van der Waals surface area contributed by atoms with Crippen LogP contribution in [0.1, 0.15) is 31.1 Å². The van der Waals surface area contributed by atoms with Crippen molar-refractivity contribution in [1.29, 1.82) is 0 Å². The van der Waals surface area contributed by atoms with Gasteiger partial charge in [0.05, 0.1) is 7.11 Å². The van der Waals surface area contributed by atoms with Gasteiger partial charge in [0.25, 0.3) is 0 Å². The summed E-state index contributed by atoms with van der Waals surface area (Å²) in [6.45, 7) is 6.57. The Kier molecular flexibility index (Phi) is 6.87. The maximum atomic E-state index is 12.7. The molecule has 0 bridgehead atoms. The third-order valence-corrected chi connectivity index (χ3v) is 5.48. The molecule has 0 saturated heterocycles. The van der Waals surface area contributed by atoms with Crippen molar-refractivity contribution in [3.8, 4) is 5.75 Å². The van der Waals surface area contributed by atoms with Gasteiger partial charge in [-0.25, -0.2) is 0 Å². The molecule has 0 aliphatic heterocycles. The predicted octanol–water partition coefficient (Wildman–Crippen LogP) is 2.47. The molecular formula is C14H22O5Si. The van der Waals surface area contributed by atoms with Crippen molar-refractivity contribution in [1.82, 2.24) is 0 Å². The highest BCUT2D eigenvalue weighted by molar-refractivity contribution is 6.94. The van der Waals surface area contributed by atoms with E-state index in [1.54, 1.807) is 31.4 Å². The highest BCUT2D eigenvalue weighted by atomic mass is 28.4. The molecule has 0 heterocycles. The lowest BCUT2D eigenvalue weighted by Gasteiger charge is -2.26. The van der Waals surface area contributed by atoms with E-state index in [0.717, 1.165) is 0 Å². The molecule has 0 atom stereocenters. The Labute approximate surface area is 121 Å². The number of rotatable bonds is 9. The van der Waals surface area contributed by atoms with Crippen LogP contribution < -0.4 is 4.74 Å². The Bertz CT molecular complexity index is 401. The number of ether oxygens (including phenoxy) is 1. The minimum absolute atomic E-state index is 0.217. The zero-order valence-electron chi connectivity index (χ0n) is 12.5. The number of benzene rings is 1. The minimum atomic E-state index is -3.35. The molecule has 0 aliphatic rings. The van der Waals surface area contributed by atoms with E-state index in [1.807, 2.05) is 20.8 Å². The van der Waals surface area contributed by atoms with E-state index in [2.05, 4.69) is 0 Å². The maximum Gasteiger partial charge on any atom is 0.579 e. The Morgan fingerprint density at radius 1 is 0.950 bits per heavy atom. The van der Waals surface area contributed by atoms with E-state index in [0.29, 0.717) is 31.1 Å². The molecule has 112 valence electrons. The zero-order chi connectivity index (χ0) is 15.0. The maximum absolute atomic E-state index is 12.7. The molecule has 0 spiro atoms. The quantitative estimate of drug-likeness (QED) is 0.656. The molecule has 0 fully saturated rings. The van der Waals surface area contributed by atoms with Gasteiger partial charge in [0.2, 0.25) is 5.41 Å². The van der Waals surface area contributed by atoms with Crippen molar-refractivity contribution in [3.05, 3.63) is 29.8 Å². The summed E-state index contributed by atoms with van der Waals surface area (Å²) in [4.78, 5) is 12.7. The molecule has 0 aromatic heterocycles. The number of carbonyl (C=O) groups is 1. The largest absolute Gasteiger partial charge is 0.579 e. The van der Waals surface area contributed by atoms with Crippen molar-refractivity contribution in [2.45, 2.75) is 20.8 Å². The Morgan fingerprint density at radius 3 is 1.75 bits per heavy atom. The van der Waals surface area contributed by atoms with Crippen molar-refractivity contribution in [3.63, 3.8) is 0 Å². The van der Waals surface area contributed by atoms with Crippen molar-refractivity contribution < 1.29 is 22.8 Å². The highest BCUT2D eigenvalue weighted by Crippen LogP contribution is 2.19. The SMILES string of the molecule is CCO[Si](OCC)(OCC)C(=O)c1ccc(OC)cc1. The summed E-state index contributed by atoms with van der Waals surface area (Å²) >= 11 is 0. The fourth-order valence-electron chi connectivity index (χ4n) is 1.81. The third-order valence-electron chi connectivity index (χ3n) is 2.63. The van der Waals surface area contributed by atoms with Crippen molar-refractivity contribution in [2.24, 2.45) is 0 Å². The van der Waals surface area contributed by atoms with Gasteiger partial charge in [-0.1, -0.05) is 0 Å². The molecule has 6 heteroatoms. The fraction of sp³-hybridized carbons (Fsp3) is 0.500. The van der Waals surface area contributed by atoms with Crippen LogP contribution in [0.2, 0.25) is 0 Å². The number of methoxy groups -OCH3 is 1. The van der Waals surface area contributed by atoms with E-state index in [-0.39, 0.29) is 5.41 Å². The molecular weight excluding hydrogens is 276 g/mol. The van der Waals surface area contributed by atoms with Crippen LogP contribution in [0.15, 0.2) is 24.3 Å². The molecule has 1 aromatic carbocycles. The summed E-state index contributed by atoms with van der Waals surface area (Å²) in [5.41, 5.74) is 0.507. The van der Waals surface area contributed by atoms with Gasteiger partial charge >= 0.3 is 8.80 Å². The van der Waals surface area contributed by atoms with Crippen LogP contribution in [0.5, 0.6) is 5.75 Å². The zero-order valence-corrected chi connectivity index (χ0v) is 13.5. The van der Waals surface area contributed by atoms with Gasteiger partial charge in [-0.05, 0) is 45.0 Å². The minimum Gasteiger partial charge on any atom is -0.497 e. The first kappa shape index (κ1) is 16.8. The van der Waals surface area contributed by atoms with E-state index in [9.17, 15) is 4.79 Å². The van der Waals surface area contributed by atoms with Crippen molar-refractivity contribution in [2.75, 3.05) is 26.9 Å². The van der Waals surface area contributed by atoms with E-state index in [1.165, 1.54) is 0 Å². The second kappa shape index (κ2) is 8.16. The summed E-state index contributed by atoms with van der Waals surface area (Å²) in [6, 6.07) is 6.85. The standard InChI is InChI=1S/C14H22O5Si/c1-5-17-20(18-6-2,19-7-3)14(15)12-8-10-13(16-4)11-9-12/h8-11H,5-7H2,1-4H3. The molecule has 0 radical (unpaired) electrons. The monoisotopic (exact) mass is 298 g/mol. The molecule has 1 rings (SSSR count). The van der Waals surface area contributed by atoms with Gasteiger partial charge in [0.1, 0.15) is 5.75 Å². The summed E-state index contributed by atoms with van der Waals surface area (Å²) in [5, 5.41) is -0.217. The van der Waals surface area contributed by atoms with Gasteiger partial charge in [0, 0.05) is 25.4 Å². The van der Waals surface area contributed by atoms with Crippen molar-refractivity contribution >= 4 is 14.2 Å². The van der Waals surface area contributed by atoms with Gasteiger partial charge in [-0.15, -0.1) is 0 Å². The first-order valence-corrected chi connectivity index (χ1v) is 8.46. The molecule has 0 N–H and O–H groups in total. The molecule has 0 unspecified atom stereocenters. The van der Waals surface area contributed by atoms with Gasteiger partial charge in [0.15, 0.2) is 0 Å². The molecule has 0 amide bonds. The summed E-state index contributed by atoms with van der Waals surface area (Å²) in [7, 11) is -1.77. The lowest BCUT2D eigenvalue weighted by atomic mass is 10.2. The van der Waals surface area contributed by atoms with Crippen LogP contribution in [0, 0.1) is 0 Å². The number of hydrogen-bond acceptors (Lipinski definition) is 5. The topological polar surface area (TPSA) is 54.0 Å². The fourth-order valence-corrected chi connectivity index (χ4v) is 4.11. The van der Waals surface area contributed by atoms with E-state index >= 15 is 0 Å². The first-order chi connectivity index (χ1) is 9.63. The smallest absolute Gasteiger partial charge is 0.497 e. The molecule has 5 nitrogen and oxygen atoms in total. The average molecular weight is 298 g/mol. The third kappa shape index (κ3) is 3.89. The number of hydrogen-bond donors (Lipinski definition) is 0. The molecule has 20 heavy (non-hydrogen) atoms. The second-order valence-corrected chi connectivity index (χ2v) is 6.35. The van der Waals surface area contributed by atoms with Crippen LogP contribution in [-0.2, 0) is 13.3 Å². The lowest BCUT2D eigenvalue weighted by Crippen LogP contribution is -2.54. The number of carbonyl (C=O) groups excluding carboxylic acids is 1. The van der Waals surface area contributed by atoms with Gasteiger partial charge < -0.3 is 18.0 Å². The molecule has 0 aliphatic carbocycles. The normalized spacial score (nSPS) is 11.4. The van der Waals surface area contributed by atoms with E-state index < -0.39 is 8.80 Å².